The molecule has 1 aromatic heterocycles. The molecular formula is C20H23N3O2S2. The molecule has 0 bridgehead atoms. The van der Waals surface area contributed by atoms with Crippen LogP contribution in [0.4, 0.5) is 10.8 Å². The van der Waals surface area contributed by atoms with E-state index in [-0.39, 0.29) is 0 Å². The predicted octanol–water partition coefficient (Wildman–Crippen LogP) is 3.64. The van der Waals surface area contributed by atoms with E-state index in [1.165, 1.54) is 23.1 Å². The summed E-state index contributed by atoms with van der Waals surface area (Å²) < 4.78 is 24.5. The highest BCUT2D eigenvalue weighted by molar-refractivity contribution is 7.90. The lowest BCUT2D eigenvalue weighted by atomic mass is 10.1. The van der Waals surface area contributed by atoms with Gasteiger partial charge in [-0.3, -0.25) is 0 Å². The van der Waals surface area contributed by atoms with E-state index in [1.54, 1.807) is 29.5 Å². The van der Waals surface area contributed by atoms with Gasteiger partial charge in [0, 0.05) is 38.1 Å². The number of thiazole rings is 1. The van der Waals surface area contributed by atoms with Crippen molar-refractivity contribution in [2.75, 3.05) is 42.2 Å². The maximum Gasteiger partial charge on any atom is 0.186 e. The number of anilines is 2. The van der Waals surface area contributed by atoms with E-state index in [0.29, 0.717) is 4.90 Å². The van der Waals surface area contributed by atoms with Gasteiger partial charge in [0.25, 0.3) is 0 Å². The number of aryl methyl sites for hydroxylation is 2. The number of rotatable bonds is 3. The van der Waals surface area contributed by atoms with Gasteiger partial charge in [-0.25, -0.2) is 13.4 Å². The Morgan fingerprint density at radius 3 is 2.37 bits per heavy atom. The first-order chi connectivity index (χ1) is 12.8. The number of piperazine rings is 1. The normalized spacial score (nSPS) is 15.5. The molecule has 0 unspecified atom stereocenters. The number of aromatic nitrogens is 1. The second-order valence-corrected chi connectivity index (χ2v) is 10.2. The van der Waals surface area contributed by atoms with Crippen LogP contribution in [0.1, 0.15) is 11.1 Å². The lowest BCUT2D eigenvalue weighted by Crippen LogP contribution is -2.46. The minimum Gasteiger partial charge on any atom is -0.368 e. The summed E-state index contributed by atoms with van der Waals surface area (Å²) in [6.07, 6.45) is 1.24. The predicted molar refractivity (Wildman–Crippen MR) is 113 cm³/mol. The first-order valence-corrected chi connectivity index (χ1v) is 11.7. The zero-order chi connectivity index (χ0) is 19.2. The lowest BCUT2D eigenvalue weighted by Gasteiger charge is -2.36. The average molecular weight is 402 g/mol. The van der Waals surface area contributed by atoms with E-state index in [0.717, 1.165) is 41.5 Å². The van der Waals surface area contributed by atoms with Crippen LogP contribution in [0.2, 0.25) is 0 Å². The highest BCUT2D eigenvalue weighted by atomic mass is 32.2. The highest BCUT2D eigenvalue weighted by Crippen LogP contribution is 2.32. The molecule has 1 aliphatic rings. The summed E-state index contributed by atoms with van der Waals surface area (Å²) in [5.41, 5.74) is 4.77. The Labute approximate surface area is 164 Å². The van der Waals surface area contributed by atoms with Gasteiger partial charge in [-0.1, -0.05) is 23.5 Å². The van der Waals surface area contributed by atoms with Crippen molar-refractivity contribution in [3.8, 4) is 0 Å². The summed E-state index contributed by atoms with van der Waals surface area (Å²) in [4.78, 5) is 9.81. The van der Waals surface area contributed by atoms with Crippen LogP contribution in [0.25, 0.3) is 10.2 Å². The van der Waals surface area contributed by atoms with Gasteiger partial charge < -0.3 is 9.80 Å². The second kappa shape index (κ2) is 6.80. The van der Waals surface area contributed by atoms with E-state index < -0.39 is 9.84 Å². The molecule has 5 nitrogen and oxygen atoms in total. The minimum absolute atomic E-state index is 0.352. The van der Waals surface area contributed by atoms with E-state index in [4.69, 9.17) is 4.98 Å². The summed E-state index contributed by atoms with van der Waals surface area (Å²) >= 11 is 1.57. The molecule has 2 heterocycles. The van der Waals surface area contributed by atoms with Crippen LogP contribution in [-0.4, -0.2) is 45.8 Å². The van der Waals surface area contributed by atoms with Crippen molar-refractivity contribution >= 4 is 42.2 Å². The number of nitrogens with zero attached hydrogens (tertiary/aromatic N) is 3. The first kappa shape index (κ1) is 18.3. The quantitative estimate of drug-likeness (QED) is 0.671. The summed E-state index contributed by atoms with van der Waals surface area (Å²) in [6.45, 7) is 8.01. The molecule has 4 rings (SSSR count). The largest absolute Gasteiger partial charge is 0.368 e. The van der Waals surface area contributed by atoms with Crippen LogP contribution < -0.4 is 9.80 Å². The van der Waals surface area contributed by atoms with Gasteiger partial charge in [-0.05, 0) is 49.2 Å². The fraction of sp³-hybridized carbons (Fsp3) is 0.350. The maximum atomic E-state index is 11.8. The molecule has 0 saturated carbocycles. The molecule has 0 radical (unpaired) electrons. The Hall–Kier alpha value is -2.12. The molecule has 1 aliphatic heterocycles. The Morgan fingerprint density at radius 2 is 1.67 bits per heavy atom. The molecule has 1 fully saturated rings. The summed E-state index contributed by atoms with van der Waals surface area (Å²) in [5, 5.41) is 0.969. The fourth-order valence-corrected chi connectivity index (χ4v) is 5.24. The molecule has 7 heteroatoms. The third-order valence-electron chi connectivity index (χ3n) is 5.03. The summed E-state index contributed by atoms with van der Waals surface area (Å²) in [5.74, 6) is 0. The van der Waals surface area contributed by atoms with E-state index >= 15 is 0 Å². The van der Waals surface area contributed by atoms with Crippen molar-refractivity contribution in [1.29, 1.82) is 0 Å². The van der Waals surface area contributed by atoms with Gasteiger partial charge in [-0.15, -0.1) is 0 Å². The van der Waals surface area contributed by atoms with Gasteiger partial charge in [0.05, 0.1) is 15.1 Å². The molecule has 2 aromatic carbocycles. The van der Waals surface area contributed by atoms with Crippen LogP contribution in [0.3, 0.4) is 0 Å². The topological polar surface area (TPSA) is 53.5 Å². The maximum absolute atomic E-state index is 11.8. The Bertz CT molecular complexity index is 1100. The molecule has 0 spiro atoms. The molecule has 3 aromatic rings. The minimum atomic E-state index is -3.20. The molecule has 27 heavy (non-hydrogen) atoms. The van der Waals surface area contributed by atoms with Crippen LogP contribution in [-0.2, 0) is 9.84 Å². The van der Waals surface area contributed by atoms with Crippen molar-refractivity contribution in [3.63, 3.8) is 0 Å². The smallest absolute Gasteiger partial charge is 0.186 e. The van der Waals surface area contributed by atoms with E-state index in [9.17, 15) is 8.42 Å². The third kappa shape index (κ3) is 3.66. The van der Waals surface area contributed by atoms with Crippen LogP contribution in [0, 0.1) is 13.8 Å². The zero-order valence-electron chi connectivity index (χ0n) is 15.8. The Morgan fingerprint density at radius 1 is 0.963 bits per heavy atom. The number of hydrogen-bond acceptors (Lipinski definition) is 6. The van der Waals surface area contributed by atoms with Crippen molar-refractivity contribution in [2.45, 2.75) is 18.7 Å². The van der Waals surface area contributed by atoms with Crippen molar-refractivity contribution in [3.05, 3.63) is 47.5 Å². The van der Waals surface area contributed by atoms with Crippen LogP contribution >= 0.6 is 11.3 Å². The Kier molecular flexibility index (Phi) is 4.60. The number of hydrogen-bond donors (Lipinski definition) is 0. The molecule has 0 N–H and O–H groups in total. The average Bonchev–Trinajstić information content (AvgIpc) is 3.06. The lowest BCUT2D eigenvalue weighted by molar-refractivity contribution is 0.602. The SMILES string of the molecule is Cc1ccc(C)c(N2CCN(c3nc4ccc(S(C)(=O)=O)cc4s3)CC2)c1. The summed E-state index contributed by atoms with van der Waals surface area (Å²) in [7, 11) is -3.20. The Balaban J connectivity index is 1.53. The van der Waals surface area contributed by atoms with Crippen LogP contribution in [0.5, 0.6) is 0 Å². The molecule has 1 saturated heterocycles. The molecule has 0 atom stereocenters. The van der Waals surface area contributed by atoms with Gasteiger partial charge in [0.15, 0.2) is 15.0 Å². The number of sulfone groups is 1. The standard InChI is InChI=1S/C20H23N3O2S2/c1-14-4-5-15(2)18(12-14)22-8-10-23(11-9-22)20-21-17-7-6-16(27(3,24)25)13-19(17)26-20/h4-7,12-13H,8-11H2,1-3H3. The van der Waals surface area contributed by atoms with Gasteiger partial charge >= 0.3 is 0 Å². The number of benzene rings is 2. The van der Waals surface area contributed by atoms with Crippen molar-refractivity contribution in [1.82, 2.24) is 4.98 Å². The second-order valence-electron chi connectivity index (χ2n) is 7.16. The van der Waals surface area contributed by atoms with Crippen LogP contribution in [0.15, 0.2) is 41.3 Å². The monoisotopic (exact) mass is 401 g/mol. The molecule has 0 aliphatic carbocycles. The van der Waals surface area contributed by atoms with Crippen molar-refractivity contribution in [2.24, 2.45) is 0 Å². The molecule has 0 amide bonds. The van der Waals surface area contributed by atoms with E-state index in [2.05, 4.69) is 41.8 Å². The first-order valence-electron chi connectivity index (χ1n) is 8.99. The van der Waals surface area contributed by atoms with Gasteiger partial charge in [0.1, 0.15) is 0 Å². The summed E-state index contributed by atoms with van der Waals surface area (Å²) in [6, 6.07) is 11.8. The zero-order valence-corrected chi connectivity index (χ0v) is 17.4. The molecular weight excluding hydrogens is 378 g/mol. The fourth-order valence-electron chi connectivity index (χ4n) is 3.46. The third-order valence-corrected chi connectivity index (χ3v) is 7.22. The molecule has 142 valence electrons. The van der Waals surface area contributed by atoms with E-state index in [1.807, 2.05) is 0 Å². The van der Waals surface area contributed by atoms with Crippen molar-refractivity contribution < 1.29 is 8.42 Å². The van der Waals surface area contributed by atoms with Gasteiger partial charge in [0.2, 0.25) is 0 Å². The number of fused-ring (bicyclic) bond motifs is 1. The van der Waals surface area contributed by atoms with Gasteiger partial charge in [-0.2, -0.15) is 0 Å². The highest BCUT2D eigenvalue weighted by Gasteiger charge is 2.21.